The molecule has 0 fully saturated rings. The van der Waals surface area contributed by atoms with Gasteiger partial charge in [-0.1, -0.05) is 72.3 Å². The number of amides is 1. The Hall–Kier alpha value is -3.92. The predicted octanol–water partition coefficient (Wildman–Crippen LogP) is 5.78. The van der Waals surface area contributed by atoms with Crippen molar-refractivity contribution in [2.45, 2.75) is 26.9 Å². The van der Waals surface area contributed by atoms with Crippen molar-refractivity contribution < 1.29 is 4.79 Å². The topological polar surface area (TPSA) is 46.9 Å². The number of hydrogen-bond donors (Lipinski definition) is 1. The molecule has 158 valence electrons. The number of rotatable bonds is 5. The molecule has 0 atom stereocenters. The molecular formula is C28H25N3O. The number of hydrogen-bond acceptors (Lipinski definition) is 2. The van der Waals surface area contributed by atoms with Gasteiger partial charge in [0.2, 0.25) is 0 Å². The van der Waals surface area contributed by atoms with E-state index in [0.29, 0.717) is 18.7 Å². The zero-order valence-corrected chi connectivity index (χ0v) is 18.3. The molecule has 4 nitrogen and oxygen atoms in total. The highest BCUT2D eigenvalue weighted by Gasteiger charge is 2.15. The molecule has 0 aliphatic heterocycles. The average molecular weight is 420 g/mol. The fourth-order valence-corrected chi connectivity index (χ4v) is 4.36. The Morgan fingerprint density at radius 1 is 0.906 bits per heavy atom. The SMILES string of the molecule is Cc1ccc(C(=O)NCc2nc3ccccc3n2Cc2cccc3ccccc23)c(C)c1. The summed E-state index contributed by atoms with van der Waals surface area (Å²) in [6, 6.07) is 28.8. The zero-order chi connectivity index (χ0) is 22.1. The third-order valence-corrected chi connectivity index (χ3v) is 5.98. The highest BCUT2D eigenvalue weighted by Crippen LogP contribution is 2.23. The van der Waals surface area contributed by atoms with Gasteiger partial charge in [0.25, 0.3) is 5.91 Å². The number of benzene rings is 4. The summed E-state index contributed by atoms with van der Waals surface area (Å²) in [4.78, 5) is 17.7. The Labute approximate surface area is 187 Å². The van der Waals surface area contributed by atoms with Crippen molar-refractivity contribution in [2.24, 2.45) is 0 Å². The molecule has 0 radical (unpaired) electrons. The number of aryl methyl sites for hydroxylation is 2. The van der Waals surface area contributed by atoms with Crippen LogP contribution in [0.25, 0.3) is 21.8 Å². The Bertz CT molecular complexity index is 1440. The fourth-order valence-electron chi connectivity index (χ4n) is 4.36. The summed E-state index contributed by atoms with van der Waals surface area (Å²) in [6.45, 7) is 5.06. The van der Waals surface area contributed by atoms with E-state index in [1.165, 1.54) is 16.3 Å². The molecule has 4 heteroatoms. The maximum absolute atomic E-state index is 12.9. The molecule has 0 spiro atoms. The maximum atomic E-state index is 12.9. The molecule has 0 aliphatic carbocycles. The summed E-state index contributed by atoms with van der Waals surface area (Å²) in [5.41, 5.74) is 6.06. The summed E-state index contributed by atoms with van der Waals surface area (Å²) in [5.74, 6) is 0.767. The van der Waals surface area contributed by atoms with Gasteiger partial charge in [-0.25, -0.2) is 4.98 Å². The Kier molecular flexibility index (Phi) is 5.20. The van der Waals surface area contributed by atoms with Crippen molar-refractivity contribution in [1.29, 1.82) is 0 Å². The van der Waals surface area contributed by atoms with E-state index in [0.717, 1.165) is 28.0 Å². The van der Waals surface area contributed by atoms with Gasteiger partial charge in [-0.15, -0.1) is 0 Å². The first-order valence-electron chi connectivity index (χ1n) is 10.9. The molecule has 4 aromatic carbocycles. The molecule has 0 aliphatic rings. The van der Waals surface area contributed by atoms with Crippen LogP contribution in [0.3, 0.4) is 0 Å². The van der Waals surface area contributed by atoms with Crippen LogP contribution in [0.5, 0.6) is 0 Å². The quantitative estimate of drug-likeness (QED) is 0.392. The molecule has 0 saturated heterocycles. The molecule has 1 N–H and O–H groups in total. The number of carbonyl (C=O) groups is 1. The lowest BCUT2D eigenvalue weighted by Crippen LogP contribution is -2.25. The number of para-hydroxylation sites is 2. The van der Waals surface area contributed by atoms with E-state index in [1.807, 2.05) is 50.2 Å². The minimum absolute atomic E-state index is 0.0775. The van der Waals surface area contributed by atoms with E-state index in [-0.39, 0.29) is 5.91 Å². The van der Waals surface area contributed by atoms with Gasteiger partial charge in [-0.3, -0.25) is 4.79 Å². The van der Waals surface area contributed by atoms with Crippen LogP contribution in [0.4, 0.5) is 0 Å². The number of aromatic nitrogens is 2. The molecule has 1 amide bonds. The number of nitrogens with one attached hydrogen (secondary N) is 1. The summed E-state index contributed by atoms with van der Waals surface area (Å²) in [5, 5.41) is 5.53. The van der Waals surface area contributed by atoms with Crippen LogP contribution in [0.1, 0.15) is 32.9 Å². The van der Waals surface area contributed by atoms with Gasteiger partial charge in [0, 0.05) is 5.56 Å². The van der Waals surface area contributed by atoms with Crippen molar-refractivity contribution in [3.8, 4) is 0 Å². The molecule has 1 aromatic heterocycles. The molecule has 0 bridgehead atoms. The molecule has 32 heavy (non-hydrogen) atoms. The Balaban J connectivity index is 1.48. The van der Waals surface area contributed by atoms with Crippen LogP contribution in [0.2, 0.25) is 0 Å². The first kappa shape index (κ1) is 20.0. The second-order valence-corrected chi connectivity index (χ2v) is 8.24. The van der Waals surface area contributed by atoms with E-state index in [2.05, 4.69) is 58.4 Å². The first-order valence-corrected chi connectivity index (χ1v) is 10.9. The van der Waals surface area contributed by atoms with Gasteiger partial charge in [0.05, 0.1) is 24.1 Å². The summed E-state index contributed by atoms with van der Waals surface area (Å²) in [7, 11) is 0. The van der Waals surface area contributed by atoms with Gasteiger partial charge in [-0.2, -0.15) is 0 Å². The highest BCUT2D eigenvalue weighted by molar-refractivity contribution is 5.95. The van der Waals surface area contributed by atoms with E-state index in [4.69, 9.17) is 4.98 Å². The Morgan fingerprint density at radius 3 is 2.56 bits per heavy atom. The van der Waals surface area contributed by atoms with E-state index < -0.39 is 0 Å². The second kappa shape index (κ2) is 8.31. The maximum Gasteiger partial charge on any atom is 0.251 e. The van der Waals surface area contributed by atoms with Crippen molar-refractivity contribution in [2.75, 3.05) is 0 Å². The summed E-state index contributed by atoms with van der Waals surface area (Å²) >= 11 is 0. The number of imidazole rings is 1. The zero-order valence-electron chi connectivity index (χ0n) is 18.3. The molecule has 5 aromatic rings. The molecule has 0 unspecified atom stereocenters. The lowest BCUT2D eigenvalue weighted by Gasteiger charge is -2.13. The number of fused-ring (bicyclic) bond motifs is 2. The lowest BCUT2D eigenvalue weighted by atomic mass is 10.0. The van der Waals surface area contributed by atoms with Crippen LogP contribution >= 0.6 is 0 Å². The van der Waals surface area contributed by atoms with Crippen molar-refractivity contribution >= 4 is 27.7 Å². The molecule has 1 heterocycles. The lowest BCUT2D eigenvalue weighted by molar-refractivity contribution is 0.0949. The van der Waals surface area contributed by atoms with Gasteiger partial charge in [-0.05, 0) is 53.9 Å². The third-order valence-electron chi connectivity index (χ3n) is 5.98. The smallest absolute Gasteiger partial charge is 0.251 e. The van der Waals surface area contributed by atoms with Crippen LogP contribution in [0.15, 0.2) is 84.9 Å². The third kappa shape index (κ3) is 3.76. The molecular weight excluding hydrogens is 394 g/mol. The van der Waals surface area contributed by atoms with Crippen molar-refractivity contribution in [3.63, 3.8) is 0 Å². The predicted molar refractivity (Wildman–Crippen MR) is 130 cm³/mol. The van der Waals surface area contributed by atoms with Crippen LogP contribution in [0, 0.1) is 13.8 Å². The van der Waals surface area contributed by atoms with Crippen molar-refractivity contribution in [3.05, 3.63) is 113 Å². The standard InChI is InChI=1S/C28H25N3O/c1-19-14-15-23(20(2)16-19)28(32)29-17-27-30-25-12-5-6-13-26(25)31(27)18-22-10-7-9-21-8-3-4-11-24(21)22/h3-16H,17-18H2,1-2H3,(H,29,32). The first-order chi connectivity index (χ1) is 15.6. The van der Waals surface area contributed by atoms with E-state index in [1.54, 1.807) is 0 Å². The van der Waals surface area contributed by atoms with E-state index >= 15 is 0 Å². The minimum atomic E-state index is -0.0775. The number of carbonyl (C=O) groups excluding carboxylic acids is 1. The average Bonchev–Trinajstić information content (AvgIpc) is 3.15. The van der Waals surface area contributed by atoms with E-state index in [9.17, 15) is 4.79 Å². The van der Waals surface area contributed by atoms with Crippen LogP contribution in [-0.4, -0.2) is 15.5 Å². The monoisotopic (exact) mass is 419 g/mol. The van der Waals surface area contributed by atoms with Gasteiger partial charge < -0.3 is 9.88 Å². The van der Waals surface area contributed by atoms with Crippen molar-refractivity contribution in [1.82, 2.24) is 14.9 Å². The Morgan fingerprint density at radius 2 is 1.69 bits per heavy atom. The van der Waals surface area contributed by atoms with Crippen LogP contribution < -0.4 is 5.32 Å². The van der Waals surface area contributed by atoms with Gasteiger partial charge >= 0.3 is 0 Å². The van der Waals surface area contributed by atoms with Gasteiger partial charge in [0.15, 0.2) is 0 Å². The second-order valence-electron chi connectivity index (χ2n) is 8.24. The largest absolute Gasteiger partial charge is 0.345 e. The summed E-state index contributed by atoms with van der Waals surface area (Å²) in [6.07, 6.45) is 0. The number of nitrogens with zero attached hydrogens (tertiary/aromatic N) is 2. The summed E-state index contributed by atoms with van der Waals surface area (Å²) < 4.78 is 2.21. The highest BCUT2D eigenvalue weighted by atomic mass is 16.1. The molecule has 0 saturated carbocycles. The minimum Gasteiger partial charge on any atom is -0.345 e. The van der Waals surface area contributed by atoms with Crippen LogP contribution in [-0.2, 0) is 13.1 Å². The fraction of sp³-hybridized carbons (Fsp3) is 0.143. The molecule has 5 rings (SSSR count). The normalized spacial score (nSPS) is 11.2. The van der Waals surface area contributed by atoms with Gasteiger partial charge in [0.1, 0.15) is 5.82 Å².